The Morgan fingerprint density at radius 3 is 2.60 bits per heavy atom. The van der Waals surface area contributed by atoms with Crippen LogP contribution in [0.15, 0.2) is 18.2 Å². The molecule has 136 valence electrons. The van der Waals surface area contributed by atoms with E-state index in [1.165, 1.54) is 23.1 Å². The van der Waals surface area contributed by atoms with Gasteiger partial charge in [-0.2, -0.15) is 0 Å². The van der Waals surface area contributed by atoms with Crippen molar-refractivity contribution in [2.24, 2.45) is 5.41 Å². The monoisotopic (exact) mass is 368 g/mol. The molecule has 1 heterocycles. The van der Waals surface area contributed by atoms with Crippen LogP contribution in [-0.4, -0.2) is 47.2 Å². The normalized spacial score (nSPS) is 19.8. The van der Waals surface area contributed by atoms with Gasteiger partial charge in [-0.1, -0.05) is 11.6 Å². The second-order valence-electron chi connectivity index (χ2n) is 6.62. The van der Waals surface area contributed by atoms with E-state index < -0.39 is 23.4 Å². The largest absolute Gasteiger partial charge is 0.481 e. The van der Waals surface area contributed by atoms with Crippen LogP contribution in [-0.2, 0) is 9.53 Å². The van der Waals surface area contributed by atoms with Gasteiger partial charge in [0.2, 0.25) is 0 Å². The molecule has 0 radical (unpaired) electrons. The Morgan fingerprint density at radius 2 is 2.04 bits per heavy atom. The number of halogens is 1. The fourth-order valence-corrected chi connectivity index (χ4v) is 2.70. The summed E-state index contributed by atoms with van der Waals surface area (Å²) in [5, 5.41) is 12.1. The number of nitrogens with zero attached hydrogens (tertiary/aromatic N) is 1. The Labute approximate surface area is 150 Å². The summed E-state index contributed by atoms with van der Waals surface area (Å²) in [6, 6.07) is 4.00. The van der Waals surface area contributed by atoms with Gasteiger partial charge in [0.1, 0.15) is 0 Å². The van der Waals surface area contributed by atoms with Gasteiger partial charge >= 0.3 is 18.0 Å². The third-order valence-corrected chi connectivity index (χ3v) is 4.39. The van der Waals surface area contributed by atoms with Crippen LogP contribution >= 0.6 is 11.6 Å². The van der Waals surface area contributed by atoms with E-state index in [-0.39, 0.29) is 28.9 Å². The fourth-order valence-electron chi connectivity index (χ4n) is 2.53. The number of carbonyl (C=O) groups excluding carboxylic acids is 2. The lowest BCUT2D eigenvalue weighted by Crippen LogP contribution is -2.37. The molecule has 0 saturated carbocycles. The second-order valence-corrected chi connectivity index (χ2v) is 7.02. The average molecular weight is 369 g/mol. The van der Waals surface area contributed by atoms with Gasteiger partial charge in [-0.15, -0.1) is 0 Å². The zero-order chi connectivity index (χ0) is 18.8. The second kappa shape index (κ2) is 7.31. The maximum Gasteiger partial charge on any atom is 0.338 e. The van der Waals surface area contributed by atoms with Gasteiger partial charge in [0.15, 0.2) is 0 Å². The van der Waals surface area contributed by atoms with Crippen molar-refractivity contribution >= 4 is 35.3 Å². The number of aliphatic carboxylic acids is 1. The van der Waals surface area contributed by atoms with E-state index in [0.29, 0.717) is 13.0 Å². The first-order valence-corrected chi connectivity index (χ1v) is 8.30. The van der Waals surface area contributed by atoms with Gasteiger partial charge < -0.3 is 20.1 Å². The van der Waals surface area contributed by atoms with Crippen LogP contribution in [0.2, 0.25) is 5.02 Å². The summed E-state index contributed by atoms with van der Waals surface area (Å²) in [6.07, 6.45) is 0.115. The Morgan fingerprint density at radius 1 is 1.36 bits per heavy atom. The number of hydrogen-bond donors (Lipinski definition) is 2. The molecule has 2 rings (SSSR count). The van der Waals surface area contributed by atoms with Gasteiger partial charge in [0.25, 0.3) is 0 Å². The number of nitrogens with one attached hydrogen (secondary N) is 1. The molecule has 1 unspecified atom stereocenters. The number of carboxylic acids is 1. The molecule has 25 heavy (non-hydrogen) atoms. The number of urea groups is 1. The molecule has 8 heteroatoms. The molecular formula is C17H21ClN2O5. The Hall–Kier alpha value is -2.28. The first-order chi connectivity index (χ1) is 11.6. The van der Waals surface area contributed by atoms with E-state index in [4.69, 9.17) is 16.3 Å². The van der Waals surface area contributed by atoms with Crippen LogP contribution < -0.4 is 5.32 Å². The minimum Gasteiger partial charge on any atom is -0.481 e. The van der Waals surface area contributed by atoms with Crippen LogP contribution in [0.4, 0.5) is 10.5 Å². The molecule has 0 bridgehead atoms. The Balaban J connectivity index is 2.11. The number of rotatable bonds is 4. The number of amides is 2. The number of carboxylic acid groups (broad SMARTS) is 1. The highest BCUT2D eigenvalue weighted by atomic mass is 35.5. The molecule has 0 aromatic heterocycles. The molecule has 1 aromatic rings. The third-order valence-electron chi connectivity index (χ3n) is 4.06. The van der Waals surface area contributed by atoms with Crippen molar-refractivity contribution < 1.29 is 24.2 Å². The lowest BCUT2D eigenvalue weighted by molar-refractivity contribution is -0.146. The van der Waals surface area contributed by atoms with E-state index in [0.717, 1.165) is 0 Å². The van der Waals surface area contributed by atoms with Crippen molar-refractivity contribution in [3.8, 4) is 0 Å². The van der Waals surface area contributed by atoms with Gasteiger partial charge in [0.05, 0.1) is 27.8 Å². The SMILES string of the molecule is CC(C)OC(=O)c1ccc(Cl)c(NC(=O)N2CCC(C)(C(=O)O)C2)c1. The van der Waals surface area contributed by atoms with E-state index in [2.05, 4.69) is 5.32 Å². The van der Waals surface area contributed by atoms with Crippen molar-refractivity contribution in [2.45, 2.75) is 33.3 Å². The summed E-state index contributed by atoms with van der Waals surface area (Å²) in [7, 11) is 0. The van der Waals surface area contributed by atoms with Crippen molar-refractivity contribution in [1.29, 1.82) is 0 Å². The first-order valence-electron chi connectivity index (χ1n) is 7.92. The molecule has 7 nitrogen and oxygen atoms in total. The molecule has 1 aromatic carbocycles. The highest BCUT2D eigenvalue weighted by molar-refractivity contribution is 6.33. The lowest BCUT2D eigenvalue weighted by atomic mass is 9.90. The first kappa shape index (κ1) is 19.1. The minimum absolute atomic E-state index is 0.112. The van der Waals surface area contributed by atoms with E-state index >= 15 is 0 Å². The smallest absolute Gasteiger partial charge is 0.338 e. The molecule has 1 aliphatic rings. The van der Waals surface area contributed by atoms with Crippen LogP contribution in [0.5, 0.6) is 0 Å². The molecule has 2 N–H and O–H groups in total. The van der Waals surface area contributed by atoms with E-state index in [1.54, 1.807) is 20.8 Å². The van der Waals surface area contributed by atoms with Crippen LogP contribution in [0, 0.1) is 5.41 Å². The highest BCUT2D eigenvalue weighted by Gasteiger charge is 2.42. The maximum atomic E-state index is 12.4. The molecule has 1 fully saturated rings. The van der Waals surface area contributed by atoms with Gasteiger partial charge in [0, 0.05) is 13.1 Å². The maximum absolute atomic E-state index is 12.4. The minimum atomic E-state index is -0.954. The molecule has 2 amide bonds. The number of anilines is 1. The molecule has 0 aliphatic carbocycles. The molecule has 1 aliphatic heterocycles. The zero-order valence-corrected chi connectivity index (χ0v) is 15.1. The quantitative estimate of drug-likeness (QED) is 0.795. The Bertz CT molecular complexity index is 706. The standard InChI is InChI=1S/C17H21ClN2O5/c1-10(2)25-14(21)11-4-5-12(18)13(8-11)19-16(24)20-7-6-17(3,9-20)15(22)23/h4-5,8,10H,6-7,9H2,1-3H3,(H,19,24)(H,22,23). The summed E-state index contributed by atoms with van der Waals surface area (Å²) in [6.45, 7) is 5.53. The fraction of sp³-hybridized carbons (Fsp3) is 0.471. The third kappa shape index (κ3) is 4.42. The summed E-state index contributed by atoms with van der Waals surface area (Å²) >= 11 is 6.08. The van der Waals surface area contributed by atoms with Crippen LogP contribution in [0.1, 0.15) is 37.6 Å². The summed E-state index contributed by atoms with van der Waals surface area (Å²) in [5.74, 6) is -1.44. The summed E-state index contributed by atoms with van der Waals surface area (Å²) in [4.78, 5) is 37.1. The molecular weight excluding hydrogens is 348 g/mol. The average Bonchev–Trinajstić information content (AvgIpc) is 2.93. The molecule has 1 atom stereocenters. The zero-order valence-electron chi connectivity index (χ0n) is 14.3. The van der Waals surface area contributed by atoms with Gasteiger partial charge in [-0.3, -0.25) is 4.79 Å². The molecule has 1 saturated heterocycles. The van der Waals surface area contributed by atoms with Crippen molar-refractivity contribution in [3.63, 3.8) is 0 Å². The number of ether oxygens (including phenoxy) is 1. The highest BCUT2D eigenvalue weighted by Crippen LogP contribution is 2.31. The van der Waals surface area contributed by atoms with Crippen LogP contribution in [0.3, 0.4) is 0 Å². The lowest BCUT2D eigenvalue weighted by Gasteiger charge is -2.21. The Kier molecular flexibility index (Phi) is 5.57. The predicted octanol–water partition coefficient (Wildman–Crippen LogP) is 3.23. The van der Waals surface area contributed by atoms with E-state index in [9.17, 15) is 19.5 Å². The molecule has 0 spiro atoms. The van der Waals surface area contributed by atoms with Crippen molar-refractivity contribution in [2.75, 3.05) is 18.4 Å². The number of carbonyl (C=O) groups is 3. The number of likely N-dealkylation sites (tertiary alicyclic amines) is 1. The topological polar surface area (TPSA) is 95.9 Å². The summed E-state index contributed by atoms with van der Waals surface area (Å²) < 4.78 is 5.12. The van der Waals surface area contributed by atoms with Crippen molar-refractivity contribution in [1.82, 2.24) is 4.90 Å². The van der Waals surface area contributed by atoms with Crippen molar-refractivity contribution in [3.05, 3.63) is 28.8 Å². The van der Waals surface area contributed by atoms with Crippen LogP contribution in [0.25, 0.3) is 0 Å². The van der Waals surface area contributed by atoms with Gasteiger partial charge in [-0.05, 0) is 45.4 Å². The van der Waals surface area contributed by atoms with E-state index in [1.807, 2.05) is 0 Å². The summed E-state index contributed by atoms with van der Waals surface area (Å²) in [5.41, 5.74) is -0.414. The number of hydrogen-bond acceptors (Lipinski definition) is 4. The predicted molar refractivity (Wildman–Crippen MR) is 93.0 cm³/mol. The number of benzene rings is 1. The number of esters is 1. The van der Waals surface area contributed by atoms with Gasteiger partial charge in [-0.25, -0.2) is 9.59 Å².